The molecular weight excluding hydrogens is 449 g/mol. The summed E-state index contributed by atoms with van der Waals surface area (Å²) in [5, 5.41) is 1.98. The summed E-state index contributed by atoms with van der Waals surface area (Å²) in [5.74, 6) is -0.620. The summed E-state index contributed by atoms with van der Waals surface area (Å²) in [5.41, 5.74) is 1.90. The third kappa shape index (κ3) is 6.84. The second-order valence-electron chi connectivity index (χ2n) is 8.19. The first-order valence-corrected chi connectivity index (χ1v) is 13.5. The number of halogens is 1. The predicted octanol–water partition coefficient (Wildman–Crippen LogP) is 3.47. The lowest BCUT2D eigenvalue weighted by Gasteiger charge is -2.28. The Hall–Kier alpha value is -1.81. The van der Waals surface area contributed by atoms with Crippen molar-refractivity contribution in [2.75, 3.05) is 38.5 Å². The van der Waals surface area contributed by atoms with Crippen molar-refractivity contribution < 1.29 is 17.6 Å². The van der Waals surface area contributed by atoms with E-state index in [1.165, 1.54) is 16.4 Å². The van der Waals surface area contributed by atoms with Crippen LogP contribution in [0.2, 0.25) is 0 Å². The average Bonchev–Trinajstić information content (AvgIpc) is 3.43. The molecule has 2 heterocycles. The van der Waals surface area contributed by atoms with Crippen LogP contribution in [0, 0.1) is 12.7 Å². The van der Waals surface area contributed by atoms with Crippen LogP contribution in [0.5, 0.6) is 0 Å². The lowest BCUT2D eigenvalue weighted by Crippen LogP contribution is -2.45. The van der Waals surface area contributed by atoms with Gasteiger partial charge >= 0.3 is 0 Å². The Balaban J connectivity index is 1.76. The van der Waals surface area contributed by atoms with Gasteiger partial charge in [0.2, 0.25) is 15.9 Å². The fourth-order valence-electron chi connectivity index (χ4n) is 3.79. The molecule has 0 saturated carbocycles. The van der Waals surface area contributed by atoms with Gasteiger partial charge in [-0.05, 0) is 74.5 Å². The van der Waals surface area contributed by atoms with E-state index in [9.17, 15) is 17.6 Å². The molecule has 0 spiro atoms. The van der Waals surface area contributed by atoms with E-state index in [0.717, 1.165) is 41.9 Å². The number of sulfonamides is 1. The number of likely N-dealkylation sites (tertiary alicyclic amines) is 1. The molecule has 176 valence electrons. The van der Waals surface area contributed by atoms with Crippen LogP contribution in [0.15, 0.2) is 35.7 Å². The maximum atomic E-state index is 13.4. The molecular formula is C23H32FN3O3S2. The zero-order valence-corrected chi connectivity index (χ0v) is 20.4. The molecule has 1 aromatic heterocycles. The van der Waals surface area contributed by atoms with Crippen molar-refractivity contribution in [3.63, 3.8) is 0 Å². The highest BCUT2D eigenvalue weighted by atomic mass is 32.2. The topological polar surface area (TPSA) is 60.9 Å². The third-order valence-electron chi connectivity index (χ3n) is 5.88. The molecule has 9 heteroatoms. The Kier molecular flexibility index (Phi) is 8.81. The molecule has 1 aliphatic heterocycles. The van der Waals surface area contributed by atoms with Crippen molar-refractivity contribution in [1.82, 2.24) is 14.1 Å². The van der Waals surface area contributed by atoms with E-state index in [1.54, 1.807) is 35.3 Å². The largest absolute Gasteiger partial charge is 0.332 e. The van der Waals surface area contributed by atoms with Gasteiger partial charge in [0.15, 0.2) is 0 Å². The first-order chi connectivity index (χ1) is 15.3. The number of amides is 1. The quantitative estimate of drug-likeness (QED) is 0.493. The standard InChI is InChI=1S/C23H32FN3O3S2/c1-3-32(29,30)27(14-13-25-11-4-5-12-25)18-23(28)26(17-22-19(2)10-15-31-22)16-20-6-8-21(24)9-7-20/h6-10,15H,3-5,11-14,16-18H2,1-2H3. The van der Waals surface area contributed by atoms with Crippen LogP contribution in [-0.2, 0) is 27.9 Å². The van der Waals surface area contributed by atoms with Crippen LogP contribution in [0.3, 0.4) is 0 Å². The predicted molar refractivity (Wildman–Crippen MR) is 126 cm³/mol. The Labute approximate surface area is 194 Å². The van der Waals surface area contributed by atoms with E-state index in [2.05, 4.69) is 4.90 Å². The summed E-state index contributed by atoms with van der Waals surface area (Å²) in [6.45, 7) is 7.00. The molecule has 0 aliphatic carbocycles. The molecule has 1 aromatic carbocycles. The van der Waals surface area contributed by atoms with E-state index >= 15 is 0 Å². The number of nitrogens with zero attached hydrogens (tertiary/aromatic N) is 3. The number of carbonyl (C=O) groups excluding carboxylic acids is 1. The number of rotatable bonds is 11. The molecule has 0 N–H and O–H groups in total. The molecule has 0 bridgehead atoms. The number of thiophene rings is 1. The maximum Gasteiger partial charge on any atom is 0.238 e. The monoisotopic (exact) mass is 481 g/mol. The van der Waals surface area contributed by atoms with Crippen LogP contribution in [-0.4, -0.2) is 66.9 Å². The van der Waals surface area contributed by atoms with Crippen molar-refractivity contribution in [3.8, 4) is 0 Å². The van der Waals surface area contributed by atoms with Gasteiger partial charge in [0.05, 0.1) is 18.8 Å². The number of carbonyl (C=O) groups is 1. The van der Waals surface area contributed by atoms with Crippen molar-refractivity contribution >= 4 is 27.3 Å². The van der Waals surface area contributed by atoms with E-state index < -0.39 is 10.0 Å². The molecule has 1 amide bonds. The second kappa shape index (κ2) is 11.4. The highest BCUT2D eigenvalue weighted by molar-refractivity contribution is 7.89. The molecule has 0 atom stereocenters. The summed E-state index contributed by atoms with van der Waals surface area (Å²) >= 11 is 1.57. The minimum absolute atomic E-state index is 0.0394. The molecule has 3 rings (SSSR count). The average molecular weight is 482 g/mol. The SMILES string of the molecule is CCS(=O)(=O)N(CCN1CCCC1)CC(=O)N(Cc1ccc(F)cc1)Cc1sccc1C. The van der Waals surface area contributed by atoms with Crippen LogP contribution in [0.25, 0.3) is 0 Å². The Morgan fingerprint density at radius 1 is 1.12 bits per heavy atom. The Morgan fingerprint density at radius 3 is 2.41 bits per heavy atom. The highest BCUT2D eigenvalue weighted by Crippen LogP contribution is 2.20. The van der Waals surface area contributed by atoms with Crippen LogP contribution in [0.1, 0.15) is 35.8 Å². The molecule has 1 aliphatic rings. The van der Waals surface area contributed by atoms with Gasteiger partial charge < -0.3 is 9.80 Å². The minimum Gasteiger partial charge on any atom is -0.332 e. The summed E-state index contributed by atoms with van der Waals surface area (Å²) in [4.78, 5) is 18.3. The van der Waals surface area contributed by atoms with Crippen LogP contribution < -0.4 is 0 Å². The summed E-state index contributed by atoms with van der Waals surface area (Å²) < 4.78 is 40.1. The van der Waals surface area contributed by atoms with Crippen molar-refractivity contribution in [1.29, 1.82) is 0 Å². The lowest BCUT2D eigenvalue weighted by atomic mass is 10.2. The van der Waals surface area contributed by atoms with E-state index in [0.29, 0.717) is 26.2 Å². The Bertz CT molecular complexity index is 986. The zero-order valence-electron chi connectivity index (χ0n) is 18.8. The van der Waals surface area contributed by atoms with Crippen LogP contribution >= 0.6 is 11.3 Å². The fourth-order valence-corrected chi connectivity index (χ4v) is 5.74. The van der Waals surface area contributed by atoms with E-state index in [4.69, 9.17) is 0 Å². The van der Waals surface area contributed by atoms with Gasteiger partial charge in [-0.25, -0.2) is 12.8 Å². The molecule has 32 heavy (non-hydrogen) atoms. The molecule has 1 fully saturated rings. The van der Waals surface area contributed by atoms with E-state index in [1.807, 2.05) is 18.4 Å². The van der Waals surface area contributed by atoms with Gasteiger partial charge in [-0.15, -0.1) is 11.3 Å². The summed E-state index contributed by atoms with van der Waals surface area (Å²) in [6, 6.07) is 8.07. The van der Waals surface area contributed by atoms with Gasteiger partial charge in [0.1, 0.15) is 5.82 Å². The molecule has 1 saturated heterocycles. The van der Waals surface area contributed by atoms with Crippen molar-refractivity contribution in [3.05, 3.63) is 57.5 Å². The van der Waals surface area contributed by atoms with Crippen molar-refractivity contribution in [2.45, 2.75) is 39.8 Å². The number of hydrogen-bond acceptors (Lipinski definition) is 5. The smallest absolute Gasteiger partial charge is 0.238 e. The number of hydrogen-bond donors (Lipinski definition) is 0. The van der Waals surface area contributed by atoms with Crippen LogP contribution in [0.4, 0.5) is 4.39 Å². The first kappa shape index (κ1) is 24.8. The van der Waals surface area contributed by atoms with E-state index in [-0.39, 0.29) is 24.0 Å². The first-order valence-electron chi connectivity index (χ1n) is 11.0. The number of aryl methyl sites for hydroxylation is 1. The third-order valence-corrected chi connectivity index (χ3v) is 8.71. The summed E-state index contributed by atoms with van der Waals surface area (Å²) in [6.07, 6.45) is 2.26. The normalized spacial score (nSPS) is 14.9. The number of benzene rings is 1. The molecule has 0 radical (unpaired) electrons. The lowest BCUT2D eigenvalue weighted by molar-refractivity contribution is -0.132. The van der Waals surface area contributed by atoms with Gasteiger partial charge in [-0.1, -0.05) is 12.1 Å². The maximum absolute atomic E-state index is 13.4. The second-order valence-corrected chi connectivity index (χ2v) is 11.4. The van der Waals surface area contributed by atoms with Gasteiger partial charge in [-0.3, -0.25) is 4.79 Å². The van der Waals surface area contributed by atoms with Crippen molar-refractivity contribution in [2.24, 2.45) is 0 Å². The Morgan fingerprint density at radius 2 is 1.81 bits per heavy atom. The highest BCUT2D eigenvalue weighted by Gasteiger charge is 2.27. The molecule has 2 aromatic rings. The van der Waals surface area contributed by atoms with Gasteiger partial charge in [0.25, 0.3) is 0 Å². The van der Waals surface area contributed by atoms with Gasteiger partial charge in [-0.2, -0.15) is 4.31 Å². The fraction of sp³-hybridized carbons (Fsp3) is 0.522. The zero-order chi connectivity index (χ0) is 23.1. The van der Waals surface area contributed by atoms with Gasteiger partial charge in [0, 0.05) is 24.5 Å². The molecule has 6 nitrogen and oxygen atoms in total. The minimum atomic E-state index is -3.52. The molecule has 0 unspecified atom stereocenters. The summed E-state index contributed by atoms with van der Waals surface area (Å²) in [7, 11) is -3.52.